The van der Waals surface area contributed by atoms with Crippen LogP contribution in [0, 0.1) is 19.8 Å². The maximum absolute atomic E-state index is 13.3. The Morgan fingerprint density at radius 2 is 1.79 bits per heavy atom. The molecule has 8 heteroatoms. The molecule has 34 heavy (non-hydrogen) atoms. The van der Waals surface area contributed by atoms with Gasteiger partial charge in [-0.3, -0.25) is 9.69 Å². The van der Waals surface area contributed by atoms with Gasteiger partial charge in [-0.1, -0.05) is 29.8 Å². The van der Waals surface area contributed by atoms with E-state index in [0.29, 0.717) is 48.1 Å². The summed E-state index contributed by atoms with van der Waals surface area (Å²) in [7, 11) is 0. The average molecular weight is 464 g/mol. The Morgan fingerprint density at radius 3 is 2.53 bits per heavy atom. The number of carbonyl (C=O) groups excluding carboxylic acids is 1. The van der Waals surface area contributed by atoms with E-state index in [1.165, 1.54) is 17.5 Å². The van der Waals surface area contributed by atoms with Crippen LogP contribution in [-0.2, 0) is 11.3 Å². The number of fused-ring (bicyclic) bond motifs is 1. The highest BCUT2D eigenvalue weighted by molar-refractivity contribution is 6.10. The second-order valence-electron chi connectivity index (χ2n) is 9.43. The van der Waals surface area contributed by atoms with Crippen molar-refractivity contribution in [3.63, 3.8) is 0 Å². The maximum Gasteiger partial charge on any atom is 0.255 e. The van der Waals surface area contributed by atoms with E-state index in [0.717, 1.165) is 51.4 Å². The van der Waals surface area contributed by atoms with E-state index in [-0.39, 0.29) is 5.91 Å². The molecule has 0 radical (unpaired) electrons. The molecule has 2 aliphatic rings. The molecule has 2 saturated heterocycles. The van der Waals surface area contributed by atoms with Crippen LogP contribution in [0.1, 0.15) is 40.1 Å². The van der Waals surface area contributed by atoms with E-state index in [9.17, 15) is 4.79 Å². The lowest BCUT2D eigenvalue weighted by Crippen LogP contribution is -2.38. The van der Waals surface area contributed by atoms with Gasteiger partial charge in [-0.25, -0.2) is 9.97 Å². The number of rotatable bonds is 6. The highest BCUT2D eigenvalue weighted by atomic mass is 16.5. The van der Waals surface area contributed by atoms with Gasteiger partial charge in [-0.05, 0) is 51.3 Å². The van der Waals surface area contributed by atoms with Gasteiger partial charge in [-0.2, -0.15) is 0 Å². The number of likely N-dealkylation sites (tertiary alicyclic amines) is 1. The quantitative estimate of drug-likeness (QED) is 0.600. The Morgan fingerprint density at radius 1 is 1.06 bits per heavy atom. The van der Waals surface area contributed by atoms with Crippen molar-refractivity contribution in [3.8, 4) is 0 Å². The summed E-state index contributed by atoms with van der Waals surface area (Å²) in [6.07, 6.45) is 3.67. The Hall–Kier alpha value is -2.97. The second-order valence-corrected chi connectivity index (χ2v) is 9.43. The zero-order chi connectivity index (χ0) is 23.5. The molecular weight excluding hydrogens is 430 g/mol. The van der Waals surface area contributed by atoms with E-state index >= 15 is 0 Å². The Labute approximate surface area is 200 Å². The predicted octanol–water partition coefficient (Wildman–Crippen LogP) is 3.32. The molecule has 0 spiro atoms. The summed E-state index contributed by atoms with van der Waals surface area (Å²) in [5.74, 6) is 1.70. The zero-order valence-corrected chi connectivity index (χ0v) is 20.0. The highest BCUT2D eigenvalue weighted by Gasteiger charge is 2.27. The molecule has 180 valence electrons. The minimum atomic E-state index is -0.109. The molecule has 3 aromatic rings. The molecule has 0 aliphatic carbocycles. The lowest BCUT2D eigenvalue weighted by Gasteiger charge is -2.32. The van der Waals surface area contributed by atoms with E-state index in [1.807, 2.05) is 6.92 Å². The summed E-state index contributed by atoms with van der Waals surface area (Å²) in [6.45, 7) is 10.5. The standard InChI is InChI=1S/C26H33N5O3/c1-18-3-5-21(6-4-18)16-30-9-7-20(8-10-30)15-27-25(32)22-19(2)34-26-23(22)24(28-17-29-26)31-11-13-33-14-12-31/h3-6,17,20H,7-16H2,1-2H3,(H,27,32). The van der Waals surface area contributed by atoms with Crippen molar-refractivity contribution < 1.29 is 13.9 Å². The highest BCUT2D eigenvalue weighted by Crippen LogP contribution is 2.31. The number of aryl methyl sites for hydroxylation is 2. The van der Waals surface area contributed by atoms with Crippen molar-refractivity contribution in [2.75, 3.05) is 50.8 Å². The third-order valence-corrected chi connectivity index (χ3v) is 6.97. The normalized spacial score (nSPS) is 17.9. The van der Waals surface area contributed by atoms with Gasteiger partial charge >= 0.3 is 0 Å². The molecule has 2 aliphatic heterocycles. The fraction of sp³-hybridized carbons (Fsp3) is 0.500. The minimum Gasteiger partial charge on any atom is -0.442 e. The van der Waals surface area contributed by atoms with Crippen LogP contribution in [0.15, 0.2) is 35.0 Å². The average Bonchev–Trinajstić information content (AvgIpc) is 3.21. The number of nitrogens with zero attached hydrogens (tertiary/aromatic N) is 4. The van der Waals surface area contributed by atoms with Crippen LogP contribution >= 0.6 is 0 Å². The number of anilines is 1. The first-order valence-electron chi connectivity index (χ1n) is 12.2. The van der Waals surface area contributed by atoms with E-state index < -0.39 is 0 Å². The molecular formula is C26H33N5O3. The number of furan rings is 1. The van der Waals surface area contributed by atoms with Crippen molar-refractivity contribution in [2.45, 2.75) is 33.2 Å². The van der Waals surface area contributed by atoms with E-state index in [4.69, 9.17) is 9.15 Å². The molecule has 0 unspecified atom stereocenters. The van der Waals surface area contributed by atoms with Crippen LogP contribution in [0.25, 0.3) is 11.1 Å². The van der Waals surface area contributed by atoms with Crippen LogP contribution < -0.4 is 10.2 Å². The summed E-state index contributed by atoms with van der Waals surface area (Å²) >= 11 is 0. The van der Waals surface area contributed by atoms with Crippen LogP contribution in [0.5, 0.6) is 0 Å². The van der Waals surface area contributed by atoms with Crippen molar-refractivity contribution in [3.05, 3.63) is 53.0 Å². The van der Waals surface area contributed by atoms with Gasteiger partial charge in [0.25, 0.3) is 5.91 Å². The van der Waals surface area contributed by atoms with Gasteiger partial charge < -0.3 is 19.4 Å². The molecule has 1 N–H and O–H groups in total. The van der Waals surface area contributed by atoms with Gasteiger partial charge in [0.2, 0.25) is 5.71 Å². The third kappa shape index (κ3) is 4.93. The molecule has 0 atom stereocenters. The van der Waals surface area contributed by atoms with E-state index in [2.05, 4.69) is 56.3 Å². The molecule has 2 fully saturated rings. The first kappa shape index (κ1) is 22.8. The smallest absolute Gasteiger partial charge is 0.255 e. The van der Waals surface area contributed by atoms with Crippen molar-refractivity contribution in [2.24, 2.45) is 5.92 Å². The number of morpholine rings is 1. The topological polar surface area (TPSA) is 83.7 Å². The predicted molar refractivity (Wildman–Crippen MR) is 131 cm³/mol. The maximum atomic E-state index is 13.3. The number of nitrogens with one attached hydrogen (secondary N) is 1. The molecule has 0 saturated carbocycles. The van der Waals surface area contributed by atoms with Gasteiger partial charge in [0.1, 0.15) is 17.9 Å². The number of benzene rings is 1. The zero-order valence-electron chi connectivity index (χ0n) is 20.0. The monoisotopic (exact) mass is 463 g/mol. The Kier molecular flexibility index (Phi) is 6.78. The van der Waals surface area contributed by atoms with Crippen LogP contribution in [-0.4, -0.2) is 66.7 Å². The first-order chi connectivity index (χ1) is 16.6. The molecule has 5 rings (SSSR count). The van der Waals surface area contributed by atoms with Crippen molar-refractivity contribution >= 4 is 22.8 Å². The molecule has 1 amide bonds. The SMILES string of the molecule is Cc1ccc(CN2CCC(CNC(=O)c3c(C)oc4ncnc(N5CCOCC5)c34)CC2)cc1. The van der Waals surface area contributed by atoms with Gasteiger partial charge in [0.15, 0.2) is 0 Å². The second kappa shape index (κ2) is 10.1. The molecule has 1 aromatic carbocycles. The fourth-order valence-corrected chi connectivity index (χ4v) is 4.94. The number of aromatic nitrogens is 2. The number of piperidine rings is 1. The molecule has 0 bridgehead atoms. The van der Waals surface area contributed by atoms with Gasteiger partial charge in [0, 0.05) is 26.2 Å². The number of ether oxygens (including phenoxy) is 1. The fourth-order valence-electron chi connectivity index (χ4n) is 4.94. The third-order valence-electron chi connectivity index (χ3n) is 6.97. The Bertz CT molecular complexity index is 1130. The van der Waals surface area contributed by atoms with E-state index in [1.54, 1.807) is 0 Å². The summed E-state index contributed by atoms with van der Waals surface area (Å²) in [5, 5.41) is 3.87. The lowest BCUT2D eigenvalue weighted by atomic mass is 9.96. The molecule has 4 heterocycles. The molecule has 8 nitrogen and oxygen atoms in total. The Balaban J connectivity index is 1.21. The minimum absolute atomic E-state index is 0.109. The van der Waals surface area contributed by atoms with Crippen LogP contribution in [0.3, 0.4) is 0 Å². The van der Waals surface area contributed by atoms with Crippen molar-refractivity contribution in [1.82, 2.24) is 20.2 Å². The van der Waals surface area contributed by atoms with Gasteiger partial charge in [0.05, 0.1) is 24.2 Å². The molecule has 2 aromatic heterocycles. The summed E-state index contributed by atoms with van der Waals surface area (Å²) in [4.78, 5) is 26.7. The van der Waals surface area contributed by atoms with Gasteiger partial charge in [-0.15, -0.1) is 0 Å². The lowest BCUT2D eigenvalue weighted by molar-refractivity contribution is 0.0935. The van der Waals surface area contributed by atoms with Crippen LogP contribution in [0.4, 0.5) is 5.82 Å². The van der Waals surface area contributed by atoms with Crippen molar-refractivity contribution in [1.29, 1.82) is 0 Å². The largest absolute Gasteiger partial charge is 0.442 e. The van der Waals surface area contributed by atoms with Crippen LogP contribution in [0.2, 0.25) is 0 Å². The summed E-state index contributed by atoms with van der Waals surface area (Å²) < 4.78 is 11.3. The first-order valence-corrected chi connectivity index (χ1v) is 12.2. The number of amides is 1. The summed E-state index contributed by atoms with van der Waals surface area (Å²) in [5.41, 5.74) is 3.66. The number of carbonyl (C=O) groups is 1. The summed E-state index contributed by atoms with van der Waals surface area (Å²) in [6, 6.07) is 8.78. The number of hydrogen-bond donors (Lipinski definition) is 1. The number of hydrogen-bond acceptors (Lipinski definition) is 7.